The van der Waals surface area contributed by atoms with Crippen molar-refractivity contribution in [2.24, 2.45) is 0 Å². The fraction of sp³-hybridized carbons (Fsp3) is 0.400. The first-order valence-electron chi connectivity index (χ1n) is 4.24. The van der Waals surface area contributed by atoms with Crippen LogP contribution in [0, 0.1) is 0 Å². The van der Waals surface area contributed by atoms with Crippen molar-refractivity contribution in [1.82, 2.24) is 0 Å². The van der Waals surface area contributed by atoms with Gasteiger partial charge < -0.3 is 28.7 Å². The van der Waals surface area contributed by atoms with Gasteiger partial charge in [-0.1, -0.05) is 0 Å². The Morgan fingerprint density at radius 2 is 1.86 bits per heavy atom. The van der Waals surface area contributed by atoms with E-state index >= 15 is 0 Å². The number of rotatable bonds is 2. The number of hydrogen-bond acceptors (Lipinski definition) is 2. The number of carbonyl (C=O) groups excluding carboxylic acids is 1. The SMILES string of the molecule is COC(=O)c1cc[n+](C(C)C)cc1.[I-]. The highest BCUT2D eigenvalue weighted by molar-refractivity contribution is 5.88. The zero-order chi connectivity index (χ0) is 9.84. The minimum Gasteiger partial charge on any atom is -1.00 e. The predicted octanol–water partition coefficient (Wildman–Crippen LogP) is -1.65. The van der Waals surface area contributed by atoms with Crippen LogP contribution in [0.4, 0.5) is 0 Å². The van der Waals surface area contributed by atoms with Crippen LogP contribution in [0.15, 0.2) is 24.5 Å². The van der Waals surface area contributed by atoms with Gasteiger partial charge in [0.05, 0.1) is 12.7 Å². The van der Waals surface area contributed by atoms with E-state index in [9.17, 15) is 4.79 Å². The molecule has 1 aromatic rings. The molecule has 0 N–H and O–H groups in total. The van der Waals surface area contributed by atoms with Crippen LogP contribution in [0.25, 0.3) is 0 Å². The second-order valence-corrected chi connectivity index (χ2v) is 3.12. The van der Waals surface area contributed by atoms with E-state index in [0.717, 1.165) is 0 Å². The molecule has 0 fully saturated rings. The minimum absolute atomic E-state index is 0. The third-order valence-electron chi connectivity index (χ3n) is 1.87. The van der Waals surface area contributed by atoms with E-state index in [1.807, 2.05) is 17.0 Å². The molecule has 0 saturated carbocycles. The van der Waals surface area contributed by atoms with Crippen molar-refractivity contribution in [3.05, 3.63) is 30.1 Å². The van der Waals surface area contributed by atoms with E-state index in [2.05, 4.69) is 18.6 Å². The van der Waals surface area contributed by atoms with E-state index in [1.54, 1.807) is 12.1 Å². The Balaban J connectivity index is 0.00000169. The van der Waals surface area contributed by atoms with Crippen LogP contribution < -0.4 is 28.5 Å². The molecule has 0 aromatic carbocycles. The molecule has 78 valence electrons. The van der Waals surface area contributed by atoms with Gasteiger partial charge in [0.25, 0.3) is 0 Å². The molecule has 0 spiro atoms. The lowest BCUT2D eigenvalue weighted by Crippen LogP contribution is -3.00. The number of nitrogens with zero attached hydrogens (tertiary/aromatic N) is 1. The summed E-state index contributed by atoms with van der Waals surface area (Å²) < 4.78 is 6.61. The highest BCUT2D eigenvalue weighted by Gasteiger charge is 2.09. The van der Waals surface area contributed by atoms with Crippen LogP contribution in [0.1, 0.15) is 30.2 Å². The van der Waals surface area contributed by atoms with Crippen molar-refractivity contribution >= 4 is 5.97 Å². The summed E-state index contributed by atoms with van der Waals surface area (Å²) in [5.74, 6) is -0.295. The largest absolute Gasteiger partial charge is 1.00 e. The molecule has 0 amide bonds. The van der Waals surface area contributed by atoms with E-state index in [1.165, 1.54) is 7.11 Å². The van der Waals surface area contributed by atoms with Gasteiger partial charge in [0.15, 0.2) is 18.4 Å². The van der Waals surface area contributed by atoms with Gasteiger partial charge in [-0.05, 0) is 13.8 Å². The summed E-state index contributed by atoms with van der Waals surface area (Å²) in [5.41, 5.74) is 0.583. The quantitative estimate of drug-likeness (QED) is 0.372. The maximum Gasteiger partial charge on any atom is 0.338 e. The number of ether oxygens (including phenoxy) is 1. The lowest BCUT2D eigenvalue weighted by Gasteiger charge is -2.00. The standard InChI is InChI=1S/C10H14NO2.HI/c1-8(2)11-6-4-9(5-7-11)10(12)13-3;/h4-8H,1-3H3;1H/q+1;/p-1. The van der Waals surface area contributed by atoms with Gasteiger partial charge in [0.1, 0.15) is 0 Å². The number of aromatic nitrogens is 1. The molecular weight excluding hydrogens is 293 g/mol. The second kappa shape index (κ2) is 5.95. The van der Waals surface area contributed by atoms with Crippen LogP contribution in [0.2, 0.25) is 0 Å². The smallest absolute Gasteiger partial charge is 0.338 e. The summed E-state index contributed by atoms with van der Waals surface area (Å²) in [5, 5.41) is 0. The fourth-order valence-electron chi connectivity index (χ4n) is 1.04. The summed E-state index contributed by atoms with van der Waals surface area (Å²) >= 11 is 0. The topological polar surface area (TPSA) is 30.2 Å². The highest BCUT2D eigenvalue weighted by atomic mass is 127. The molecule has 0 saturated heterocycles. The van der Waals surface area contributed by atoms with Crippen LogP contribution in [0.5, 0.6) is 0 Å². The fourth-order valence-corrected chi connectivity index (χ4v) is 1.04. The van der Waals surface area contributed by atoms with Gasteiger partial charge >= 0.3 is 5.97 Å². The Labute approximate surface area is 101 Å². The summed E-state index contributed by atoms with van der Waals surface area (Å²) in [7, 11) is 1.38. The Hall–Kier alpha value is -0.650. The minimum atomic E-state index is -0.295. The molecule has 0 bridgehead atoms. The molecule has 0 aliphatic carbocycles. The Morgan fingerprint density at radius 3 is 2.21 bits per heavy atom. The van der Waals surface area contributed by atoms with Crippen LogP contribution in [0.3, 0.4) is 0 Å². The van der Waals surface area contributed by atoms with Crippen LogP contribution in [-0.2, 0) is 4.74 Å². The third kappa shape index (κ3) is 3.25. The summed E-state index contributed by atoms with van der Waals surface area (Å²) in [6.07, 6.45) is 3.74. The van der Waals surface area contributed by atoms with Crippen molar-refractivity contribution in [3.63, 3.8) is 0 Å². The van der Waals surface area contributed by atoms with Gasteiger partial charge in [-0.2, -0.15) is 0 Å². The molecule has 0 aliphatic heterocycles. The van der Waals surface area contributed by atoms with Crippen LogP contribution in [-0.4, -0.2) is 13.1 Å². The second-order valence-electron chi connectivity index (χ2n) is 3.12. The molecule has 3 nitrogen and oxygen atoms in total. The molecule has 4 heteroatoms. The van der Waals surface area contributed by atoms with E-state index in [-0.39, 0.29) is 29.9 Å². The molecule has 0 unspecified atom stereocenters. The average Bonchev–Trinajstić information content (AvgIpc) is 2.17. The van der Waals surface area contributed by atoms with E-state index < -0.39 is 0 Å². The lowest BCUT2D eigenvalue weighted by molar-refractivity contribution is -0.716. The van der Waals surface area contributed by atoms with Crippen molar-refractivity contribution in [1.29, 1.82) is 0 Å². The number of methoxy groups -OCH3 is 1. The molecule has 0 atom stereocenters. The van der Waals surface area contributed by atoms with Gasteiger partial charge in [0.2, 0.25) is 0 Å². The van der Waals surface area contributed by atoms with Crippen molar-refractivity contribution in [2.75, 3.05) is 7.11 Å². The molecule has 0 radical (unpaired) electrons. The zero-order valence-electron chi connectivity index (χ0n) is 8.53. The molecule has 1 heterocycles. The van der Waals surface area contributed by atoms with Crippen LogP contribution >= 0.6 is 0 Å². The summed E-state index contributed by atoms with van der Waals surface area (Å²) in [4.78, 5) is 11.1. The highest BCUT2D eigenvalue weighted by Crippen LogP contribution is 1.99. The van der Waals surface area contributed by atoms with Crippen molar-refractivity contribution in [2.45, 2.75) is 19.9 Å². The van der Waals surface area contributed by atoms with Crippen molar-refractivity contribution in [3.8, 4) is 0 Å². The first-order valence-corrected chi connectivity index (χ1v) is 4.24. The number of halogens is 1. The Morgan fingerprint density at radius 1 is 1.36 bits per heavy atom. The molecule has 0 aliphatic rings. The van der Waals surface area contributed by atoms with Crippen molar-refractivity contribution < 1.29 is 38.1 Å². The van der Waals surface area contributed by atoms with E-state index in [4.69, 9.17) is 0 Å². The zero-order valence-corrected chi connectivity index (χ0v) is 10.7. The van der Waals surface area contributed by atoms with Gasteiger partial charge in [-0.15, -0.1) is 0 Å². The number of pyridine rings is 1. The molecule has 1 rings (SSSR count). The molecular formula is C10H14INO2. The average molecular weight is 307 g/mol. The lowest BCUT2D eigenvalue weighted by atomic mass is 10.2. The maximum atomic E-state index is 11.1. The normalized spacial score (nSPS) is 9.43. The number of hydrogen-bond donors (Lipinski definition) is 0. The monoisotopic (exact) mass is 307 g/mol. The first-order chi connectivity index (χ1) is 6.15. The van der Waals surface area contributed by atoms with Gasteiger partial charge in [-0.25, -0.2) is 9.36 Å². The predicted molar refractivity (Wildman–Crippen MR) is 48.4 cm³/mol. The molecule has 14 heavy (non-hydrogen) atoms. The van der Waals surface area contributed by atoms with Gasteiger partial charge in [-0.3, -0.25) is 0 Å². The van der Waals surface area contributed by atoms with E-state index in [0.29, 0.717) is 11.6 Å². The summed E-state index contributed by atoms with van der Waals surface area (Å²) in [6.45, 7) is 4.16. The van der Waals surface area contributed by atoms with Gasteiger partial charge in [0, 0.05) is 12.1 Å². The maximum absolute atomic E-state index is 11.1. The Kier molecular flexibility index (Phi) is 5.68. The Bertz CT molecular complexity index is 295. The summed E-state index contributed by atoms with van der Waals surface area (Å²) in [6, 6.07) is 3.92. The number of esters is 1. The first kappa shape index (κ1) is 13.4. The third-order valence-corrected chi connectivity index (χ3v) is 1.87. The molecule has 1 aromatic heterocycles. The number of carbonyl (C=O) groups is 1.